The van der Waals surface area contributed by atoms with E-state index in [9.17, 15) is 0 Å². The average Bonchev–Trinajstić information content (AvgIpc) is 2.11. The summed E-state index contributed by atoms with van der Waals surface area (Å²) >= 11 is 0. The molecule has 0 saturated carbocycles. The van der Waals surface area contributed by atoms with Crippen LogP contribution >= 0.6 is 0 Å². The predicted octanol–water partition coefficient (Wildman–Crippen LogP) is 0.161. The van der Waals surface area contributed by atoms with E-state index in [4.69, 9.17) is 7.85 Å². The Kier molecular flexibility index (Phi) is 1.54. The minimum Gasteiger partial charge on any atom is -0.352 e. The molecule has 2 radical (unpaired) electrons. The van der Waals surface area contributed by atoms with Gasteiger partial charge in [0.2, 0.25) is 7.85 Å². The van der Waals surface area contributed by atoms with Crippen molar-refractivity contribution < 1.29 is 4.52 Å². The first-order valence-electron chi connectivity index (χ1n) is 3.10. The third kappa shape index (κ3) is 1.37. The predicted molar refractivity (Wildman–Crippen MR) is 38.4 cm³/mol. The van der Waals surface area contributed by atoms with Gasteiger partial charge in [0.05, 0.1) is 0 Å². The van der Waals surface area contributed by atoms with E-state index in [-0.39, 0.29) is 11.2 Å². The molecule has 1 aromatic rings. The van der Waals surface area contributed by atoms with Crippen LogP contribution in [-0.4, -0.2) is 18.0 Å². The Balaban J connectivity index is 2.96. The van der Waals surface area contributed by atoms with Crippen LogP contribution in [0, 0.1) is 0 Å². The molecule has 0 aromatic carbocycles. The smallest absolute Gasteiger partial charge is 0.201 e. The maximum atomic E-state index is 5.24. The van der Waals surface area contributed by atoms with Crippen molar-refractivity contribution in [2.45, 2.75) is 26.2 Å². The minimum atomic E-state index is -0.0822. The molecule has 1 aromatic heterocycles. The molecule has 0 spiro atoms. The van der Waals surface area contributed by atoms with Crippen molar-refractivity contribution in [3.63, 3.8) is 0 Å². The second kappa shape index (κ2) is 2.11. The van der Waals surface area contributed by atoms with Crippen molar-refractivity contribution in [1.82, 2.24) is 10.1 Å². The average molecular weight is 136 g/mol. The lowest BCUT2D eigenvalue weighted by Gasteiger charge is -2.10. The Morgan fingerprint density at radius 3 is 2.20 bits per heavy atom. The fraction of sp³-hybridized carbons (Fsp3) is 0.667. The molecule has 0 unspecified atom stereocenters. The van der Waals surface area contributed by atoms with Crippen LogP contribution in [0.1, 0.15) is 26.6 Å². The van der Waals surface area contributed by atoms with Crippen LogP contribution in [0.4, 0.5) is 0 Å². The number of hydrogen-bond acceptors (Lipinski definition) is 3. The van der Waals surface area contributed by atoms with Crippen molar-refractivity contribution in [2.75, 3.05) is 0 Å². The molecular formula is C6H9BN2O. The third-order valence-corrected chi connectivity index (χ3v) is 1.11. The number of rotatable bonds is 0. The molecule has 0 aliphatic carbocycles. The molecule has 52 valence electrons. The second-order valence-electron chi connectivity index (χ2n) is 3.21. The maximum absolute atomic E-state index is 5.24. The van der Waals surface area contributed by atoms with Crippen molar-refractivity contribution in [1.29, 1.82) is 0 Å². The van der Waals surface area contributed by atoms with Gasteiger partial charge in [-0.1, -0.05) is 25.9 Å². The van der Waals surface area contributed by atoms with E-state index in [1.54, 1.807) is 0 Å². The Labute approximate surface area is 61.2 Å². The lowest BCUT2D eigenvalue weighted by atomic mass is 9.96. The van der Waals surface area contributed by atoms with E-state index in [0.29, 0.717) is 5.82 Å². The molecule has 1 rings (SSSR count). The van der Waals surface area contributed by atoms with Gasteiger partial charge >= 0.3 is 0 Å². The highest BCUT2D eigenvalue weighted by atomic mass is 16.5. The van der Waals surface area contributed by atoms with Gasteiger partial charge < -0.3 is 4.52 Å². The molecule has 0 atom stereocenters. The van der Waals surface area contributed by atoms with E-state index in [1.165, 1.54) is 0 Å². The van der Waals surface area contributed by atoms with Gasteiger partial charge in [-0.25, -0.2) is 4.98 Å². The van der Waals surface area contributed by atoms with Gasteiger partial charge in [-0.15, -0.1) is 0 Å². The van der Waals surface area contributed by atoms with Crippen molar-refractivity contribution in [3.8, 4) is 0 Å². The zero-order valence-corrected chi connectivity index (χ0v) is 6.38. The first kappa shape index (κ1) is 7.31. The Bertz CT molecular complexity index is 226. The van der Waals surface area contributed by atoms with E-state index in [0.717, 1.165) is 0 Å². The molecule has 0 amide bonds. The number of nitrogens with zero attached hydrogens (tertiary/aromatic N) is 2. The number of aromatic nitrogens is 2. The van der Waals surface area contributed by atoms with Crippen LogP contribution in [0.3, 0.4) is 0 Å². The van der Waals surface area contributed by atoms with Crippen LogP contribution in [0.25, 0.3) is 0 Å². The summed E-state index contributed by atoms with van der Waals surface area (Å²) in [5.74, 6) is 0.773. The molecule has 0 saturated heterocycles. The van der Waals surface area contributed by atoms with Gasteiger partial charge in [-0.2, -0.15) is 0 Å². The van der Waals surface area contributed by atoms with Gasteiger partial charge in [0.15, 0.2) is 11.6 Å². The highest BCUT2D eigenvalue weighted by Gasteiger charge is 2.19. The topological polar surface area (TPSA) is 38.9 Å². The summed E-state index contributed by atoms with van der Waals surface area (Å²) in [5, 5.41) is 3.68. The van der Waals surface area contributed by atoms with Crippen LogP contribution in [0.15, 0.2) is 4.52 Å². The van der Waals surface area contributed by atoms with Crippen LogP contribution < -0.4 is 5.79 Å². The molecular weight excluding hydrogens is 127 g/mol. The van der Waals surface area contributed by atoms with Crippen LogP contribution in [0.2, 0.25) is 0 Å². The normalized spacial score (nSPS) is 11.9. The summed E-state index contributed by atoms with van der Waals surface area (Å²) in [7, 11) is 5.24. The monoisotopic (exact) mass is 136 g/mol. The molecule has 0 fully saturated rings. The van der Waals surface area contributed by atoms with Crippen LogP contribution in [0.5, 0.6) is 0 Å². The zero-order valence-electron chi connectivity index (χ0n) is 6.38. The maximum Gasteiger partial charge on any atom is 0.201 e. The molecule has 0 N–H and O–H groups in total. The summed E-state index contributed by atoms with van der Waals surface area (Å²) in [6.45, 7) is 5.99. The summed E-state index contributed by atoms with van der Waals surface area (Å²) in [4.78, 5) is 3.88. The highest BCUT2D eigenvalue weighted by molar-refractivity contribution is 6.28. The van der Waals surface area contributed by atoms with Gasteiger partial charge in [-0.3, -0.25) is 0 Å². The Hall–Kier alpha value is -0.795. The standard InChI is InChI=1S/C6H9BN2O/c1-6(2,3)4-8-5(7)10-9-4/h1-3H3. The third-order valence-electron chi connectivity index (χ3n) is 1.11. The highest BCUT2D eigenvalue weighted by Crippen LogP contribution is 2.15. The van der Waals surface area contributed by atoms with E-state index in [1.807, 2.05) is 20.8 Å². The van der Waals surface area contributed by atoms with Gasteiger partial charge in [0, 0.05) is 5.41 Å². The largest absolute Gasteiger partial charge is 0.352 e. The minimum absolute atomic E-state index is 0.0822. The van der Waals surface area contributed by atoms with Gasteiger partial charge in [-0.05, 0) is 0 Å². The Morgan fingerprint density at radius 1 is 1.40 bits per heavy atom. The summed E-state index contributed by atoms with van der Waals surface area (Å²) in [5.41, 5.74) is -0.0822. The van der Waals surface area contributed by atoms with E-state index < -0.39 is 0 Å². The van der Waals surface area contributed by atoms with Crippen molar-refractivity contribution in [3.05, 3.63) is 5.82 Å². The van der Waals surface area contributed by atoms with Gasteiger partial charge in [0.25, 0.3) is 0 Å². The lowest BCUT2D eigenvalue weighted by Crippen LogP contribution is -2.15. The molecule has 3 nitrogen and oxygen atoms in total. The zero-order chi connectivity index (χ0) is 7.78. The first-order valence-corrected chi connectivity index (χ1v) is 3.10. The summed E-state index contributed by atoms with van der Waals surface area (Å²) < 4.78 is 4.61. The van der Waals surface area contributed by atoms with Crippen molar-refractivity contribution >= 4 is 13.6 Å². The SMILES string of the molecule is [B]c1nc(C(C)(C)C)no1. The molecule has 0 aliphatic heterocycles. The second-order valence-corrected chi connectivity index (χ2v) is 3.21. The van der Waals surface area contributed by atoms with E-state index >= 15 is 0 Å². The first-order chi connectivity index (χ1) is 4.50. The lowest BCUT2D eigenvalue weighted by molar-refractivity contribution is 0.412. The summed E-state index contributed by atoms with van der Waals surface area (Å²) in [6.07, 6.45) is 0. The van der Waals surface area contributed by atoms with Crippen molar-refractivity contribution in [2.24, 2.45) is 0 Å². The molecule has 4 heteroatoms. The molecule has 0 bridgehead atoms. The summed E-state index contributed by atoms with van der Waals surface area (Å²) in [6, 6.07) is 0. The fourth-order valence-electron chi connectivity index (χ4n) is 0.540. The molecule has 10 heavy (non-hydrogen) atoms. The quantitative estimate of drug-likeness (QED) is 0.477. The molecule has 1 heterocycles. The fourth-order valence-corrected chi connectivity index (χ4v) is 0.540. The molecule has 0 aliphatic rings. The van der Waals surface area contributed by atoms with E-state index in [2.05, 4.69) is 14.7 Å². The number of hydrogen-bond donors (Lipinski definition) is 0. The Morgan fingerprint density at radius 2 is 2.00 bits per heavy atom. The van der Waals surface area contributed by atoms with Gasteiger partial charge in [0.1, 0.15) is 0 Å². The van der Waals surface area contributed by atoms with Crippen LogP contribution in [-0.2, 0) is 5.41 Å².